The molecule has 0 unspecified atom stereocenters. The van der Waals surface area contributed by atoms with Crippen LogP contribution in [0.4, 0.5) is 0 Å². The zero-order chi connectivity index (χ0) is 8.55. The summed E-state index contributed by atoms with van der Waals surface area (Å²) in [5, 5.41) is 6.52. The standard InChI is InChI=1S/C8H11N3O/c1-6-5-9-10-7(6)8(12)11-3-2-4-11/h5H,2-4H2,1H3,(H,9,10). The van der Waals surface area contributed by atoms with Gasteiger partial charge in [-0.05, 0) is 18.9 Å². The normalized spacial score (nSPS) is 15.9. The number of H-pyrrole nitrogens is 1. The largest absolute Gasteiger partial charge is 0.337 e. The van der Waals surface area contributed by atoms with E-state index >= 15 is 0 Å². The van der Waals surface area contributed by atoms with Gasteiger partial charge in [0.15, 0.2) is 0 Å². The first-order valence-corrected chi connectivity index (χ1v) is 4.08. The molecule has 2 heterocycles. The van der Waals surface area contributed by atoms with Crippen molar-refractivity contribution in [1.82, 2.24) is 15.1 Å². The van der Waals surface area contributed by atoms with Gasteiger partial charge in [-0.15, -0.1) is 0 Å². The Bertz CT molecular complexity index is 301. The van der Waals surface area contributed by atoms with Gasteiger partial charge in [-0.1, -0.05) is 0 Å². The third kappa shape index (κ3) is 0.995. The lowest BCUT2D eigenvalue weighted by Gasteiger charge is -2.30. The Hall–Kier alpha value is -1.32. The fraction of sp³-hybridized carbons (Fsp3) is 0.500. The maximum absolute atomic E-state index is 11.6. The Balaban J connectivity index is 2.19. The van der Waals surface area contributed by atoms with E-state index in [1.54, 1.807) is 6.20 Å². The second-order valence-corrected chi connectivity index (χ2v) is 3.07. The third-order valence-electron chi connectivity index (χ3n) is 2.19. The predicted octanol–water partition coefficient (Wildman–Crippen LogP) is 0.564. The SMILES string of the molecule is Cc1cn[nH]c1C(=O)N1CCC1. The first kappa shape index (κ1) is 7.34. The molecule has 0 aliphatic carbocycles. The first-order valence-electron chi connectivity index (χ1n) is 4.08. The Morgan fingerprint density at radius 3 is 2.83 bits per heavy atom. The Kier molecular flexibility index (Phi) is 1.60. The number of aryl methyl sites for hydroxylation is 1. The fourth-order valence-electron chi connectivity index (χ4n) is 1.24. The molecule has 0 atom stereocenters. The van der Waals surface area contributed by atoms with E-state index in [1.165, 1.54) is 0 Å². The van der Waals surface area contributed by atoms with Crippen molar-refractivity contribution in [2.45, 2.75) is 13.3 Å². The van der Waals surface area contributed by atoms with Crippen molar-refractivity contribution in [3.63, 3.8) is 0 Å². The van der Waals surface area contributed by atoms with Crippen LogP contribution < -0.4 is 0 Å². The molecule has 2 rings (SSSR count). The van der Waals surface area contributed by atoms with Crippen LogP contribution in [-0.4, -0.2) is 34.1 Å². The Morgan fingerprint density at radius 2 is 2.42 bits per heavy atom. The van der Waals surface area contributed by atoms with Crippen LogP contribution in [0.15, 0.2) is 6.20 Å². The molecule has 4 nitrogen and oxygen atoms in total. The number of hydrogen-bond donors (Lipinski definition) is 1. The zero-order valence-corrected chi connectivity index (χ0v) is 7.00. The van der Waals surface area contributed by atoms with Gasteiger partial charge in [0.25, 0.3) is 5.91 Å². The molecule has 4 heteroatoms. The second-order valence-electron chi connectivity index (χ2n) is 3.07. The monoisotopic (exact) mass is 165 g/mol. The maximum atomic E-state index is 11.6. The van der Waals surface area contributed by atoms with Crippen LogP contribution in [0.3, 0.4) is 0 Å². The molecule has 1 aromatic rings. The summed E-state index contributed by atoms with van der Waals surface area (Å²) >= 11 is 0. The summed E-state index contributed by atoms with van der Waals surface area (Å²) < 4.78 is 0. The lowest BCUT2D eigenvalue weighted by atomic mass is 10.2. The molecule has 1 amide bonds. The van der Waals surface area contributed by atoms with Crippen LogP contribution in [0.2, 0.25) is 0 Å². The van der Waals surface area contributed by atoms with E-state index in [2.05, 4.69) is 10.2 Å². The van der Waals surface area contributed by atoms with Crippen molar-refractivity contribution in [1.29, 1.82) is 0 Å². The number of carbonyl (C=O) groups is 1. The lowest BCUT2D eigenvalue weighted by Crippen LogP contribution is -2.42. The molecule has 64 valence electrons. The fourth-order valence-corrected chi connectivity index (χ4v) is 1.24. The van der Waals surface area contributed by atoms with Crippen LogP contribution in [0.1, 0.15) is 22.5 Å². The molecule has 12 heavy (non-hydrogen) atoms. The maximum Gasteiger partial charge on any atom is 0.272 e. The number of nitrogens with zero attached hydrogens (tertiary/aromatic N) is 2. The highest BCUT2D eigenvalue weighted by Crippen LogP contribution is 2.12. The van der Waals surface area contributed by atoms with Gasteiger partial charge in [-0.2, -0.15) is 5.10 Å². The average molecular weight is 165 g/mol. The molecule has 0 bridgehead atoms. The van der Waals surface area contributed by atoms with Crippen LogP contribution in [0.25, 0.3) is 0 Å². The van der Waals surface area contributed by atoms with Crippen LogP contribution in [0, 0.1) is 6.92 Å². The van der Waals surface area contributed by atoms with E-state index in [0.29, 0.717) is 5.69 Å². The molecule has 0 radical (unpaired) electrons. The van der Waals surface area contributed by atoms with Crippen molar-refractivity contribution >= 4 is 5.91 Å². The number of likely N-dealkylation sites (tertiary alicyclic amines) is 1. The number of rotatable bonds is 1. The highest BCUT2D eigenvalue weighted by atomic mass is 16.2. The number of amides is 1. The van der Waals surface area contributed by atoms with Gasteiger partial charge in [-0.25, -0.2) is 0 Å². The highest BCUT2D eigenvalue weighted by molar-refractivity contribution is 5.93. The van der Waals surface area contributed by atoms with Crippen molar-refractivity contribution in [3.05, 3.63) is 17.5 Å². The molecule has 1 N–H and O–H groups in total. The lowest BCUT2D eigenvalue weighted by molar-refractivity contribution is 0.0645. The Morgan fingerprint density at radius 1 is 1.67 bits per heavy atom. The van der Waals surface area contributed by atoms with Gasteiger partial charge >= 0.3 is 0 Å². The van der Waals surface area contributed by atoms with E-state index in [1.807, 2.05) is 11.8 Å². The van der Waals surface area contributed by atoms with Gasteiger partial charge in [0, 0.05) is 13.1 Å². The van der Waals surface area contributed by atoms with Gasteiger partial charge in [0.05, 0.1) is 6.20 Å². The Labute approximate surface area is 70.6 Å². The molecular weight excluding hydrogens is 154 g/mol. The summed E-state index contributed by atoms with van der Waals surface area (Å²) in [5.74, 6) is 0.0799. The van der Waals surface area contributed by atoms with E-state index in [0.717, 1.165) is 25.1 Å². The summed E-state index contributed by atoms with van der Waals surface area (Å²) in [5.41, 5.74) is 1.56. The highest BCUT2D eigenvalue weighted by Gasteiger charge is 2.23. The van der Waals surface area contributed by atoms with Gasteiger partial charge < -0.3 is 4.90 Å². The number of aromatic amines is 1. The van der Waals surface area contributed by atoms with Gasteiger partial charge in [0.1, 0.15) is 5.69 Å². The molecular formula is C8H11N3O. The summed E-state index contributed by atoms with van der Waals surface area (Å²) in [6, 6.07) is 0. The predicted molar refractivity (Wildman–Crippen MR) is 43.8 cm³/mol. The number of nitrogens with one attached hydrogen (secondary N) is 1. The second kappa shape index (κ2) is 2.62. The zero-order valence-electron chi connectivity index (χ0n) is 7.00. The van der Waals surface area contributed by atoms with Crippen molar-refractivity contribution in [2.24, 2.45) is 0 Å². The van der Waals surface area contributed by atoms with E-state index in [9.17, 15) is 4.79 Å². The summed E-state index contributed by atoms with van der Waals surface area (Å²) in [4.78, 5) is 13.4. The molecule has 1 fully saturated rings. The minimum absolute atomic E-state index is 0.0799. The third-order valence-corrected chi connectivity index (χ3v) is 2.19. The molecule has 0 saturated carbocycles. The van der Waals surface area contributed by atoms with Crippen LogP contribution in [0.5, 0.6) is 0 Å². The van der Waals surface area contributed by atoms with E-state index in [4.69, 9.17) is 0 Å². The van der Waals surface area contributed by atoms with Crippen LogP contribution in [-0.2, 0) is 0 Å². The molecule has 1 aliphatic heterocycles. The molecule has 1 aromatic heterocycles. The van der Waals surface area contributed by atoms with Crippen molar-refractivity contribution < 1.29 is 4.79 Å². The quantitative estimate of drug-likeness (QED) is 0.661. The molecule has 1 aliphatic rings. The van der Waals surface area contributed by atoms with Crippen LogP contribution >= 0.6 is 0 Å². The van der Waals surface area contributed by atoms with Crippen molar-refractivity contribution in [3.8, 4) is 0 Å². The average Bonchev–Trinajstić information content (AvgIpc) is 2.31. The smallest absolute Gasteiger partial charge is 0.272 e. The van der Waals surface area contributed by atoms with E-state index < -0.39 is 0 Å². The minimum Gasteiger partial charge on any atom is -0.337 e. The summed E-state index contributed by atoms with van der Waals surface area (Å²) in [6.45, 7) is 3.66. The summed E-state index contributed by atoms with van der Waals surface area (Å²) in [7, 11) is 0. The summed E-state index contributed by atoms with van der Waals surface area (Å²) in [6.07, 6.45) is 2.80. The topological polar surface area (TPSA) is 49.0 Å². The number of hydrogen-bond acceptors (Lipinski definition) is 2. The first-order chi connectivity index (χ1) is 5.79. The minimum atomic E-state index is 0.0799. The molecule has 0 spiro atoms. The van der Waals surface area contributed by atoms with E-state index in [-0.39, 0.29) is 5.91 Å². The van der Waals surface area contributed by atoms with Gasteiger partial charge in [0.2, 0.25) is 0 Å². The molecule has 0 aromatic carbocycles. The number of carbonyl (C=O) groups excluding carboxylic acids is 1. The number of aromatic nitrogens is 2. The molecule has 1 saturated heterocycles. The van der Waals surface area contributed by atoms with Gasteiger partial charge in [-0.3, -0.25) is 9.89 Å². The van der Waals surface area contributed by atoms with Crippen molar-refractivity contribution in [2.75, 3.05) is 13.1 Å².